The van der Waals surface area contributed by atoms with Crippen molar-refractivity contribution in [3.63, 3.8) is 0 Å². The van der Waals surface area contributed by atoms with Crippen LogP contribution in [0.25, 0.3) is 0 Å². The Morgan fingerprint density at radius 2 is 2.27 bits per heavy atom. The largest absolute Gasteiger partial charge is 0.493 e. The van der Waals surface area contributed by atoms with Gasteiger partial charge in [-0.3, -0.25) is 14.8 Å². The summed E-state index contributed by atoms with van der Waals surface area (Å²) < 4.78 is 5.92. The highest BCUT2D eigenvalue weighted by Crippen LogP contribution is 2.47. The van der Waals surface area contributed by atoms with Crippen molar-refractivity contribution in [2.75, 3.05) is 12.4 Å². The highest BCUT2D eigenvalue weighted by molar-refractivity contribution is 8.13. The molecule has 0 saturated carbocycles. The zero-order valence-electron chi connectivity index (χ0n) is 14.2. The van der Waals surface area contributed by atoms with Crippen LogP contribution in [0.3, 0.4) is 0 Å². The van der Waals surface area contributed by atoms with E-state index < -0.39 is 5.54 Å². The van der Waals surface area contributed by atoms with Gasteiger partial charge in [-0.25, -0.2) is 0 Å². The predicted molar refractivity (Wildman–Crippen MR) is 104 cm³/mol. The minimum Gasteiger partial charge on any atom is -0.493 e. The van der Waals surface area contributed by atoms with Gasteiger partial charge in [-0.1, -0.05) is 29.4 Å². The summed E-state index contributed by atoms with van der Waals surface area (Å²) in [5.41, 5.74) is 7.88. The van der Waals surface area contributed by atoms with Crippen molar-refractivity contribution in [1.29, 1.82) is 0 Å². The third-order valence-electron chi connectivity index (χ3n) is 4.98. The van der Waals surface area contributed by atoms with Gasteiger partial charge in [-0.2, -0.15) is 0 Å². The number of nitrogens with two attached hydrogens (primary N) is 1. The van der Waals surface area contributed by atoms with Crippen molar-refractivity contribution >= 4 is 34.3 Å². The molecule has 2 atom stereocenters. The van der Waals surface area contributed by atoms with E-state index in [1.165, 1.54) is 6.20 Å². The highest BCUT2D eigenvalue weighted by atomic mass is 35.5. The number of rotatable bonds is 3. The molecule has 26 heavy (non-hydrogen) atoms. The van der Waals surface area contributed by atoms with Gasteiger partial charge in [-0.15, -0.1) is 0 Å². The number of nitrogens with zero attached hydrogens (tertiary/aromatic N) is 2. The second kappa shape index (κ2) is 6.59. The van der Waals surface area contributed by atoms with E-state index in [2.05, 4.69) is 11.9 Å². The van der Waals surface area contributed by atoms with Crippen molar-refractivity contribution in [2.24, 2.45) is 16.6 Å². The van der Waals surface area contributed by atoms with E-state index in [9.17, 15) is 4.79 Å². The average Bonchev–Trinajstić information content (AvgIpc) is 2.62. The summed E-state index contributed by atoms with van der Waals surface area (Å²) in [5, 5.41) is 1.11. The first-order chi connectivity index (χ1) is 12.5. The molecule has 0 saturated heterocycles. The zero-order valence-corrected chi connectivity index (χ0v) is 15.8. The Morgan fingerprint density at radius 1 is 1.42 bits per heavy atom. The number of Topliss-reactive ketones (excluding diaryl/α,β-unsaturated/α-hetero) is 1. The number of halogens is 1. The minimum absolute atomic E-state index is 0.0535. The molecular weight excluding hydrogens is 370 g/mol. The number of pyridine rings is 1. The fourth-order valence-corrected chi connectivity index (χ4v) is 4.57. The second-order valence-electron chi connectivity index (χ2n) is 6.71. The number of hydrogen-bond acceptors (Lipinski definition) is 6. The third kappa shape index (κ3) is 3.08. The summed E-state index contributed by atoms with van der Waals surface area (Å²) in [7, 11) is 0. The molecule has 4 rings (SSSR count). The van der Waals surface area contributed by atoms with E-state index in [4.69, 9.17) is 27.1 Å². The monoisotopic (exact) mass is 387 g/mol. The van der Waals surface area contributed by atoms with Gasteiger partial charge in [0.15, 0.2) is 11.0 Å². The summed E-state index contributed by atoms with van der Waals surface area (Å²) in [5.74, 6) is 1.90. The molecule has 0 fully saturated rings. The van der Waals surface area contributed by atoms with Crippen LogP contribution in [0.5, 0.6) is 5.75 Å². The molecule has 0 spiro atoms. The molecule has 0 amide bonds. The van der Waals surface area contributed by atoms with Gasteiger partial charge >= 0.3 is 0 Å². The topological polar surface area (TPSA) is 77.6 Å². The second-order valence-corrected chi connectivity index (χ2v) is 8.19. The molecule has 134 valence electrons. The SMILES string of the molecule is C[C@]12N=C(N)SC[C@H]1COc1ccc(CC(=O)c3ccc(Cl)cn3)cc12. The van der Waals surface area contributed by atoms with Crippen LogP contribution < -0.4 is 10.5 Å². The molecule has 3 heterocycles. The molecule has 0 bridgehead atoms. The van der Waals surface area contributed by atoms with Crippen molar-refractivity contribution in [2.45, 2.75) is 18.9 Å². The lowest BCUT2D eigenvalue weighted by atomic mass is 9.78. The lowest BCUT2D eigenvalue weighted by Gasteiger charge is -2.42. The quantitative estimate of drug-likeness (QED) is 0.816. The summed E-state index contributed by atoms with van der Waals surface area (Å²) in [6, 6.07) is 9.17. The number of fused-ring (bicyclic) bond motifs is 3. The smallest absolute Gasteiger partial charge is 0.185 e. The van der Waals surface area contributed by atoms with Crippen LogP contribution in [-0.2, 0) is 12.0 Å². The Morgan fingerprint density at radius 3 is 3.04 bits per heavy atom. The van der Waals surface area contributed by atoms with E-state index in [0.717, 1.165) is 22.6 Å². The van der Waals surface area contributed by atoms with Gasteiger partial charge in [-0.05, 0) is 36.8 Å². The van der Waals surface area contributed by atoms with Crippen LogP contribution in [0.2, 0.25) is 5.02 Å². The number of carbonyl (C=O) groups excluding carboxylic acids is 1. The number of benzene rings is 1. The molecule has 1 aromatic heterocycles. The molecule has 5 nitrogen and oxygen atoms in total. The number of aromatic nitrogens is 1. The maximum Gasteiger partial charge on any atom is 0.185 e. The first-order valence-corrected chi connectivity index (χ1v) is 9.71. The molecule has 2 aliphatic heterocycles. The van der Waals surface area contributed by atoms with Crippen molar-refractivity contribution < 1.29 is 9.53 Å². The van der Waals surface area contributed by atoms with Crippen LogP contribution in [-0.4, -0.2) is 28.3 Å². The van der Waals surface area contributed by atoms with Gasteiger partial charge in [0.05, 0.1) is 17.2 Å². The van der Waals surface area contributed by atoms with Crippen molar-refractivity contribution in [3.05, 3.63) is 58.4 Å². The molecule has 0 radical (unpaired) electrons. The number of hydrogen-bond donors (Lipinski definition) is 1. The van der Waals surface area contributed by atoms with Gasteiger partial charge in [0.25, 0.3) is 0 Å². The number of carbonyl (C=O) groups is 1. The van der Waals surface area contributed by atoms with E-state index in [0.29, 0.717) is 22.5 Å². The minimum atomic E-state index is -0.416. The van der Waals surface area contributed by atoms with E-state index in [1.54, 1.807) is 23.9 Å². The lowest BCUT2D eigenvalue weighted by molar-refractivity contribution is 0.0988. The lowest BCUT2D eigenvalue weighted by Crippen LogP contribution is -2.44. The van der Waals surface area contributed by atoms with Crippen LogP contribution >= 0.6 is 23.4 Å². The molecule has 2 aromatic rings. The van der Waals surface area contributed by atoms with Gasteiger partial charge < -0.3 is 10.5 Å². The average molecular weight is 388 g/mol. The number of aliphatic imine (C=N–C) groups is 1. The van der Waals surface area contributed by atoms with Crippen LogP contribution in [0.1, 0.15) is 28.5 Å². The summed E-state index contributed by atoms with van der Waals surface area (Å²) >= 11 is 7.40. The molecule has 7 heteroatoms. The summed E-state index contributed by atoms with van der Waals surface area (Å²) in [6.07, 6.45) is 1.74. The molecular formula is C19H18ClN3O2S. The van der Waals surface area contributed by atoms with Gasteiger partial charge in [0.1, 0.15) is 11.4 Å². The number of thioether (sulfide) groups is 1. The maximum atomic E-state index is 12.5. The van der Waals surface area contributed by atoms with Crippen LogP contribution in [0.15, 0.2) is 41.5 Å². The number of amidine groups is 1. The summed E-state index contributed by atoms with van der Waals surface area (Å²) in [4.78, 5) is 21.4. The Kier molecular flexibility index (Phi) is 4.40. The molecule has 1 aromatic carbocycles. The number of ketones is 1. The Balaban J connectivity index is 1.65. The summed E-state index contributed by atoms with van der Waals surface area (Å²) in [6.45, 7) is 2.72. The fraction of sp³-hybridized carbons (Fsp3) is 0.316. The molecule has 0 aliphatic carbocycles. The highest BCUT2D eigenvalue weighted by Gasteiger charge is 2.44. The predicted octanol–water partition coefficient (Wildman–Crippen LogP) is 3.45. The standard InChI is InChI=1S/C19H18ClN3O2S/c1-19-12(10-26-18(21)23-19)9-25-17-5-2-11(6-14(17)19)7-16(24)15-4-3-13(20)8-22-15/h2-6,8,12H,7,9-10H2,1H3,(H2,21,23)/t12-,19+/m1/s1. The maximum absolute atomic E-state index is 12.5. The third-order valence-corrected chi connectivity index (χ3v) is 6.16. The van der Waals surface area contributed by atoms with Crippen LogP contribution in [0.4, 0.5) is 0 Å². The Hall–Kier alpha value is -2.05. The number of ether oxygens (including phenoxy) is 1. The fourth-order valence-electron chi connectivity index (χ4n) is 3.41. The van der Waals surface area contributed by atoms with E-state index >= 15 is 0 Å². The van der Waals surface area contributed by atoms with Gasteiger partial charge in [0, 0.05) is 29.9 Å². The van der Waals surface area contributed by atoms with E-state index in [1.807, 2.05) is 18.2 Å². The first-order valence-electron chi connectivity index (χ1n) is 8.35. The molecule has 2 aliphatic rings. The van der Waals surface area contributed by atoms with Crippen molar-refractivity contribution in [1.82, 2.24) is 4.98 Å². The molecule has 0 unspecified atom stereocenters. The Bertz CT molecular complexity index is 900. The molecule has 2 N–H and O–H groups in total. The Labute approximate surface area is 161 Å². The van der Waals surface area contributed by atoms with E-state index in [-0.39, 0.29) is 18.1 Å². The normalized spacial score (nSPS) is 24.1. The first kappa shape index (κ1) is 17.4. The van der Waals surface area contributed by atoms with Gasteiger partial charge in [0.2, 0.25) is 0 Å². The zero-order chi connectivity index (χ0) is 18.3. The van der Waals surface area contributed by atoms with Crippen molar-refractivity contribution in [3.8, 4) is 5.75 Å². The van der Waals surface area contributed by atoms with Crippen LogP contribution in [0, 0.1) is 5.92 Å².